The number of carbonyl (C=O) groups is 2. The molecule has 0 unspecified atom stereocenters. The number of carbonyl (C=O) groups excluding carboxylic acids is 2. The number of hydrogen-bond acceptors (Lipinski definition) is 3. The number of nitrogens with two attached hydrogens (primary N) is 2. The lowest BCUT2D eigenvalue weighted by molar-refractivity contribution is -0.133. The van der Waals surface area contributed by atoms with Gasteiger partial charge in [0.15, 0.2) is 0 Å². The molecular weight excluding hydrogens is 170 g/mol. The van der Waals surface area contributed by atoms with Crippen molar-refractivity contribution in [2.75, 3.05) is 13.1 Å². The second-order valence-electron chi connectivity index (χ2n) is 3.31. The van der Waals surface area contributed by atoms with Gasteiger partial charge in [-0.1, -0.05) is 0 Å². The summed E-state index contributed by atoms with van der Waals surface area (Å²) in [7, 11) is 0. The van der Waals surface area contributed by atoms with Gasteiger partial charge in [0, 0.05) is 13.1 Å². The van der Waals surface area contributed by atoms with Crippen LogP contribution in [-0.2, 0) is 9.59 Å². The molecule has 0 aromatic carbocycles. The lowest BCUT2D eigenvalue weighted by Crippen LogP contribution is -2.44. The molecule has 0 aromatic heterocycles. The fourth-order valence-corrected chi connectivity index (χ4v) is 1.48. The predicted molar refractivity (Wildman–Crippen MR) is 47.6 cm³/mol. The van der Waals surface area contributed by atoms with Crippen LogP contribution in [0.3, 0.4) is 0 Å². The summed E-state index contributed by atoms with van der Waals surface area (Å²) in [5.41, 5.74) is 10.4. The minimum atomic E-state index is -0.754. The molecule has 0 radical (unpaired) electrons. The molecule has 1 saturated heterocycles. The van der Waals surface area contributed by atoms with Gasteiger partial charge in [0.25, 0.3) is 0 Å². The normalized spacial score (nSPS) is 18.7. The van der Waals surface area contributed by atoms with E-state index in [2.05, 4.69) is 0 Å². The average Bonchev–Trinajstić information content (AvgIpc) is 2.53. The maximum absolute atomic E-state index is 11.5. The molecule has 1 heterocycles. The zero-order valence-corrected chi connectivity index (χ0v) is 7.53. The molecule has 1 rings (SSSR count). The molecule has 5 heteroatoms. The highest BCUT2D eigenvalue weighted by Gasteiger charge is 2.24. The lowest BCUT2D eigenvalue weighted by atomic mass is 10.2. The number of amides is 2. The SMILES string of the molecule is NC(=O)C[C@H](N)C(=O)N1CCCC1. The predicted octanol–water partition coefficient (Wildman–Crippen LogP) is -1.19. The van der Waals surface area contributed by atoms with Crippen LogP contribution in [0, 0.1) is 0 Å². The van der Waals surface area contributed by atoms with Gasteiger partial charge < -0.3 is 16.4 Å². The standard InChI is InChI=1S/C8H15N3O2/c9-6(5-7(10)12)8(13)11-3-1-2-4-11/h6H,1-5,9H2,(H2,10,12)/t6-/m0/s1. The molecule has 0 aliphatic carbocycles. The molecule has 5 nitrogen and oxygen atoms in total. The Balaban J connectivity index is 2.41. The topological polar surface area (TPSA) is 89.4 Å². The van der Waals surface area contributed by atoms with Crippen molar-refractivity contribution in [3.63, 3.8) is 0 Å². The van der Waals surface area contributed by atoms with Gasteiger partial charge in [-0.3, -0.25) is 9.59 Å². The van der Waals surface area contributed by atoms with Crippen LogP contribution in [0.1, 0.15) is 19.3 Å². The number of nitrogens with zero attached hydrogens (tertiary/aromatic N) is 1. The van der Waals surface area contributed by atoms with E-state index in [1.807, 2.05) is 0 Å². The number of hydrogen-bond donors (Lipinski definition) is 2. The first kappa shape index (κ1) is 9.98. The second kappa shape index (κ2) is 4.23. The minimum Gasteiger partial charge on any atom is -0.370 e. The van der Waals surface area contributed by atoms with Crippen LogP contribution < -0.4 is 11.5 Å². The molecule has 0 spiro atoms. The Labute approximate surface area is 77.1 Å². The van der Waals surface area contributed by atoms with E-state index in [1.165, 1.54) is 0 Å². The molecule has 2 amide bonds. The third-order valence-corrected chi connectivity index (χ3v) is 2.16. The van der Waals surface area contributed by atoms with Gasteiger partial charge in [0.2, 0.25) is 11.8 Å². The van der Waals surface area contributed by atoms with Crippen LogP contribution in [-0.4, -0.2) is 35.8 Å². The Morgan fingerprint density at radius 3 is 2.31 bits per heavy atom. The van der Waals surface area contributed by atoms with Crippen molar-refractivity contribution in [3.05, 3.63) is 0 Å². The van der Waals surface area contributed by atoms with Crippen LogP contribution in [0.25, 0.3) is 0 Å². The van der Waals surface area contributed by atoms with E-state index in [1.54, 1.807) is 4.90 Å². The molecular formula is C8H15N3O2. The van der Waals surface area contributed by atoms with E-state index >= 15 is 0 Å². The van der Waals surface area contributed by atoms with Gasteiger partial charge in [-0.2, -0.15) is 0 Å². The zero-order valence-electron chi connectivity index (χ0n) is 7.53. The van der Waals surface area contributed by atoms with E-state index in [-0.39, 0.29) is 12.3 Å². The molecule has 1 aliphatic heterocycles. The van der Waals surface area contributed by atoms with E-state index in [0.29, 0.717) is 0 Å². The van der Waals surface area contributed by atoms with E-state index in [9.17, 15) is 9.59 Å². The first-order chi connectivity index (χ1) is 6.11. The average molecular weight is 185 g/mol. The molecule has 0 saturated carbocycles. The van der Waals surface area contributed by atoms with Gasteiger partial charge in [-0.15, -0.1) is 0 Å². The van der Waals surface area contributed by atoms with Crippen molar-refractivity contribution in [2.45, 2.75) is 25.3 Å². The lowest BCUT2D eigenvalue weighted by Gasteiger charge is -2.18. The second-order valence-corrected chi connectivity index (χ2v) is 3.31. The van der Waals surface area contributed by atoms with Crippen LogP contribution in [0.2, 0.25) is 0 Å². The maximum atomic E-state index is 11.5. The summed E-state index contributed by atoms with van der Waals surface area (Å²) in [4.78, 5) is 23.7. The molecule has 1 fully saturated rings. The van der Waals surface area contributed by atoms with E-state index in [4.69, 9.17) is 11.5 Å². The van der Waals surface area contributed by atoms with Crippen molar-refractivity contribution in [1.82, 2.24) is 4.90 Å². The molecule has 13 heavy (non-hydrogen) atoms. The van der Waals surface area contributed by atoms with Gasteiger partial charge in [0.05, 0.1) is 12.5 Å². The van der Waals surface area contributed by atoms with Crippen LogP contribution in [0.5, 0.6) is 0 Å². The Morgan fingerprint density at radius 2 is 1.85 bits per heavy atom. The number of primary amides is 1. The smallest absolute Gasteiger partial charge is 0.240 e. The first-order valence-electron chi connectivity index (χ1n) is 4.44. The third kappa shape index (κ3) is 2.69. The quantitative estimate of drug-likeness (QED) is 0.579. The largest absolute Gasteiger partial charge is 0.370 e. The maximum Gasteiger partial charge on any atom is 0.240 e. The van der Waals surface area contributed by atoms with Gasteiger partial charge in [-0.05, 0) is 12.8 Å². The summed E-state index contributed by atoms with van der Waals surface area (Å²) in [6.07, 6.45) is 1.99. The Hall–Kier alpha value is -1.10. The first-order valence-corrected chi connectivity index (χ1v) is 4.44. The number of rotatable bonds is 3. The van der Waals surface area contributed by atoms with Crippen molar-refractivity contribution < 1.29 is 9.59 Å². The Bertz CT molecular complexity index is 211. The van der Waals surface area contributed by atoms with Crippen LogP contribution >= 0.6 is 0 Å². The molecule has 0 bridgehead atoms. The summed E-state index contributed by atoms with van der Waals surface area (Å²) in [5.74, 6) is -0.684. The van der Waals surface area contributed by atoms with E-state index in [0.717, 1.165) is 25.9 Å². The van der Waals surface area contributed by atoms with Crippen molar-refractivity contribution >= 4 is 11.8 Å². The highest BCUT2D eigenvalue weighted by molar-refractivity contribution is 5.87. The van der Waals surface area contributed by atoms with Crippen molar-refractivity contribution in [1.29, 1.82) is 0 Å². The Kier molecular flexibility index (Phi) is 3.25. The van der Waals surface area contributed by atoms with E-state index < -0.39 is 11.9 Å². The molecule has 1 aliphatic rings. The van der Waals surface area contributed by atoms with Gasteiger partial charge in [0.1, 0.15) is 0 Å². The van der Waals surface area contributed by atoms with Gasteiger partial charge in [-0.25, -0.2) is 0 Å². The van der Waals surface area contributed by atoms with Crippen molar-refractivity contribution in [2.24, 2.45) is 11.5 Å². The summed E-state index contributed by atoms with van der Waals surface area (Å²) >= 11 is 0. The monoisotopic (exact) mass is 185 g/mol. The molecule has 4 N–H and O–H groups in total. The van der Waals surface area contributed by atoms with Crippen molar-refractivity contribution in [3.8, 4) is 0 Å². The zero-order chi connectivity index (χ0) is 9.84. The van der Waals surface area contributed by atoms with Crippen LogP contribution in [0.4, 0.5) is 0 Å². The molecule has 0 aromatic rings. The molecule has 74 valence electrons. The fraction of sp³-hybridized carbons (Fsp3) is 0.750. The third-order valence-electron chi connectivity index (χ3n) is 2.16. The van der Waals surface area contributed by atoms with Gasteiger partial charge >= 0.3 is 0 Å². The summed E-state index contributed by atoms with van der Waals surface area (Å²) in [5, 5.41) is 0. The minimum absolute atomic E-state index is 0.0602. The Morgan fingerprint density at radius 1 is 1.31 bits per heavy atom. The highest BCUT2D eigenvalue weighted by Crippen LogP contribution is 2.09. The number of likely N-dealkylation sites (tertiary alicyclic amines) is 1. The fourth-order valence-electron chi connectivity index (χ4n) is 1.48. The summed E-state index contributed by atoms with van der Waals surface area (Å²) in [6, 6.07) is -0.754. The molecule has 1 atom stereocenters. The summed E-state index contributed by atoms with van der Waals surface area (Å²) < 4.78 is 0. The summed E-state index contributed by atoms with van der Waals surface area (Å²) in [6.45, 7) is 1.51. The highest BCUT2D eigenvalue weighted by atomic mass is 16.2. The van der Waals surface area contributed by atoms with Crippen LogP contribution in [0.15, 0.2) is 0 Å².